The van der Waals surface area contributed by atoms with Gasteiger partial charge in [-0.15, -0.1) is 0 Å². The van der Waals surface area contributed by atoms with Gasteiger partial charge in [0, 0.05) is 24.4 Å². The van der Waals surface area contributed by atoms with Crippen molar-refractivity contribution in [2.75, 3.05) is 11.4 Å². The molecule has 0 spiro atoms. The summed E-state index contributed by atoms with van der Waals surface area (Å²) in [6.07, 6.45) is 1.02. The number of hydrogen-bond donors (Lipinski definition) is 0. The molecule has 0 N–H and O–H groups in total. The number of aromatic nitrogens is 1. The SMILES string of the molecule is C[C@H](OC(=O)c1cccc[n+]1[O-])C(=O)N1CCc2ccccc21. The summed E-state index contributed by atoms with van der Waals surface area (Å²) in [5, 5.41) is 11.6. The Morgan fingerprint density at radius 1 is 1.22 bits per heavy atom. The van der Waals surface area contributed by atoms with E-state index in [2.05, 4.69) is 0 Å². The Kier molecular flexibility index (Phi) is 3.97. The summed E-state index contributed by atoms with van der Waals surface area (Å²) in [5.74, 6) is -1.11. The third kappa shape index (κ3) is 2.88. The summed E-state index contributed by atoms with van der Waals surface area (Å²) in [4.78, 5) is 26.2. The molecule has 2 aromatic rings. The predicted molar refractivity (Wildman–Crippen MR) is 82.8 cm³/mol. The van der Waals surface area contributed by atoms with Crippen molar-refractivity contribution in [3.05, 3.63) is 65.1 Å². The molecule has 0 saturated carbocycles. The fourth-order valence-electron chi connectivity index (χ4n) is 2.64. The Balaban J connectivity index is 1.72. The molecule has 3 rings (SSSR count). The summed E-state index contributed by atoms with van der Waals surface area (Å²) in [5.41, 5.74) is 1.80. The van der Waals surface area contributed by atoms with Gasteiger partial charge in [-0.2, -0.15) is 4.73 Å². The molecule has 0 aliphatic carbocycles. The van der Waals surface area contributed by atoms with Crippen LogP contribution in [0.15, 0.2) is 48.7 Å². The molecule has 1 aromatic carbocycles. The van der Waals surface area contributed by atoms with E-state index in [4.69, 9.17) is 4.74 Å². The molecule has 1 aliphatic rings. The Morgan fingerprint density at radius 2 is 1.96 bits per heavy atom. The first-order valence-electron chi connectivity index (χ1n) is 7.36. The van der Waals surface area contributed by atoms with Crippen molar-refractivity contribution < 1.29 is 19.1 Å². The third-order valence-corrected chi connectivity index (χ3v) is 3.82. The van der Waals surface area contributed by atoms with Crippen molar-refractivity contribution in [1.29, 1.82) is 0 Å². The summed E-state index contributed by atoms with van der Waals surface area (Å²) in [6.45, 7) is 2.08. The fourth-order valence-corrected chi connectivity index (χ4v) is 2.64. The van der Waals surface area contributed by atoms with Gasteiger partial charge in [0.1, 0.15) is 0 Å². The van der Waals surface area contributed by atoms with E-state index in [0.29, 0.717) is 11.3 Å². The maximum absolute atomic E-state index is 12.5. The second-order valence-corrected chi connectivity index (χ2v) is 5.33. The number of para-hydroxylation sites is 1. The van der Waals surface area contributed by atoms with Crippen LogP contribution in [0.5, 0.6) is 0 Å². The van der Waals surface area contributed by atoms with Gasteiger partial charge in [0.25, 0.3) is 5.91 Å². The Morgan fingerprint density at radius 3 is 2.74 bits per heavy atom. The van der Waals surface area contributed by atoms with Crippen LogP contribution in [0.25, 0.3) is 0 Å². The monoisotopic (exact) mass is 312 g/mol. The molecule has 6 nitrogen and oxygen atoms in total. The molecule has 0 unspecified atom stereocenters. The lowest BCUT2D eigenvalue weighted by molar-refractivity contribution is -0.608. The molecule has 118 valence electrons. The molecule has 23 heavy (non-hydrogen) atoms. The number of fused-ring (bicyclic) bond motifs is 1. The van der Waals surface area contributed by atoms with Gasteiger partial charge in [-0.05, 0) is 31.0 Å². The van der Waals surface area contributed by atoms with Crippen LogP contribution in [0.3, 0.4) is 0 Å². The van der Waals surface area contributed by atoms with Gasteiger partial charge in [-0.25, -0.2) is 4.79 Å². The highest BCUT2D eigenvalue weighted by Crippen LogP contribution is 2.28. The average Bonchev–Trinajstić information content (AvgIpc) is 2.98. The molecule has 1 aromatic heterocycles. The minimum absolute atomic E-state index is 0.144. The lowest BCUT2D eigenvalue weighted by atomic mass is 10.2. The number of carbonyl (C=O) groups excluding carboxylic acids is 2. The molecule has 6 heteroatoms. The van der Waals surface area contributed by atoms with Gasteiger partial charge in [0.15, 0.2) is 12.3 Å². The number of rotatable bonds is 3. The normalized spacial score (nSPS) is 14.2. The Labute approximate surface area is 133 Å². The molecule has 1 aliphatic heterocycles. The van der Waals surface area contributed by atoms with Crippen molar-refractivity contribution in [2.24, 2.45) is 0 Å². The van der Waals surface area contributed by atoms with Crippen molar-refractivity contribution in [1.82, 2.24) is 0 Å². The highest BCUT2D eigenvalue weighted by Gasteiger charge is 2.31. The quantitative estimate of drug-likeness (QED) is 0.488. The second kappa shape index (κ2) is 6.08. The predicted octanol–water partition coefficient (Wildman–Crippen LogP) is 1.45. The standard InChI is InChI=1S/C17H16N2O4/c1-12(23-17(21)15-8-4-5-10-19(15)22)16(20)18-11-9-13-6-2-3-7-14(13)18/h2-8,10,12H,9,11H2,1H3/t12-/m0/s1. The number of carbonyl (C=O) groups is 2. The first kappa shape index (κ1) is 15.0. The number of pyridine rings is 1. The van der Waals surface area contributed by atoms with Gasteiger partial charge in [-0.3, -0.25) is 4.79 Å². The zero-order valence-electron chi connectivity index (χ0n) is 12.6. The highest BCUT2D eigenvalue weighted by atomic mass is 16.6. The zero-order valence-corrected chi connectivity index (χ0v) is 12.6. The minimum atomic E-state index is -0.964. The first-order chi connectivity index (χ1) is 11.1. The van der Waals surface area contributed by atoms with Crippen molar-refractivity contribution >= 4 is 17.6 Å². The van der Waals surface area contributed by atoms with Crippen LogP contribution in [0, 0.1) is 5.21 Å². The van der Waals surface area contributed by atoms with Gasteiger partial charge >= 0.3 is 11.7 Å². The molecule has 0 radical (unpaired) electrons. The van der Waals surface area contributed by atoms with Crippen LogP contribution in [0.1, 0.15) is 23.0 Å². The lowest BCUT2D eigenvalue weighted by Gasteiger charge is -2.21. The number of ether oxygens (including phenoxy) is 1. The smallest absolute Gasteiger partial charge is 0.405 e. The molecular weight excluding hydrogens is 296 g/mol. The largest absolute Gasteiger partial charge is 0.618 e. The van der Waals surface area contributed by atoms with E-state index >= 15 is 0 Å². The number of benzene rings is 1. The topological polar surface area (TPSA) is 73.5 Å². The van der Waals surface area contributed by atoms with E-state index in [9.17, 15) is 14.8 Å². The molecule has 1 atom stereocenters. The summed E-state index contributed by atoms with van der Waals surface area (Å²) in [6, 6.07) is 12.1. The number of nitrogens with zero attached hydrogens (tertiary/aromatic N) is 2. The number of anilines is 1. The first-order valence-corrected chi connectivity index (χ1v) is 7.36. The maximum Gasteiger partial charge on any atom is 0.405 e. The van der Waals surface area contributed by atoms with Crippen LogP contribution in [-0.2, 0) is 16.0 Å². The van der Waals surface area contributed by atoms with E-state index in [1.165, 1.54) is 25.3 Å². The van der Waals surface area contributed by atoms with E-state index < -0.39 is 12.1 Å². The molecule has 2 heterocycles. The van der Waals surface area contributed by atoms with E-state index in [0.717, 1.165) is 17.7 Å². The molecule has 0 saturated heterocycles. The van der Waals surface area contributed by atoms with Gasteiger partial charge in [0.2, 0.25) is 0 Å². The van der Waals surface area contributed by atoms with E-state index in [1.54, 1.807) is 11.0 Å². The lowest BCUT2D eigenvalue weighted by Crippen LogP contribution is -2.41. The highest BCUT2D eigenvalue weighted by molar-refractivity contribution is 5.99. The molecular formula is C17H16N2O4. The zero-order chi connectivity index (χ0) is 16.4. The number of hydrogen-bond acceptors (Lipinski definition) is 4. The van der Waals surface area contributed by atoms with Crippen molar-refractivity contribution in [2.45, 2.75) is 19.4 Å². The number of esters is 1. The third-order valence-electron chi connectivity index (χ3n) is 3.82. The van der Waals surface area contributed by atoms with Gasteiger partial charge in [0.05, 0.1) is 0 Å². The van der Waals surface area contributed by atoms with Gasteiger partial charge in [-0.1, -0.05) is 18.2 Å². The van der Waals surface area contributed by atoms with Crippen molar-refractivity contribution in [3.8, 4) is 0 Å². The summed E-state index contributed by atoms with van der Waals surface area (Å²) in [7, 11) is 0. The Hall–Kier alpha value is -2.89. The second-order valence-electron chi connectivity index (χ2n) is 5.33. The van der Waals surface area contributed by atoms with E-state index in [1.807, 2.05) is 24.3 Å². The van der Waals surface area contributed by atoms with E-state index in [-0.39, 0.29) is 11.6 Å². The molecule has 0 fully saturated rings. The number of amides is 1. The maximum atomic E-state index is 12.5. The van der Waals surface area contributed by atoms with Crippen LogP contribution >= 0.6 is 0 Å². The summed E-state index contributed by atoms with van der Waals surface area (Å²) < 4.78 is 5.58. The van der Waals surface area contributed by atoms with Crippen LogP contribution in [0.4, 0.5) is 5.69 Å². The average molecular weight is 312 g/mol. The molecule has 1 amide bonds. The van der Waals surface area contributed by atoms with Crippen LogP contribution in [-0.4, -0.2) is 24.5 Å². The minimum Gasteiger partial charge on any atom is -0.618 e. The van der Waals surface area contributed by atoms with Crippen LogP contribution in [0.2, 0.25) is 0 Å². The van der Waals surface area contributed by atoms with Crippen molar-refractivity contribution in [3.63, 3.8) is 0 Å². The fraction of sp³-hybridized carbons (Fsp3) is 0.235. The van der Waals surface area contributed by atoms with Gasteiger partial charge < -0.3 is 14.8 Å². The van der Waals surface area contributed by atoms with Crippen LogP contribution < -0.4 is 9.63 Å². The summed E-state index contributed by atoms with van der Waals surface area (Å²) >= 11 is 0. The molecule has 0 bridgehead atoms. The Bertz CT molecular complexity index is 760.